The zero-order chi connectivity index (χ0) is 11.2. The van der Waals surface area contributed by atoms with E-state index in [-0.39, 0.29) is 11.8 Å². The molecule has 0 aliphatic heterocycles. The van der Waals surface area contributed by atoms with Gasteiger partial charge in [-0.3, -0.25) is 4.79 Å². The third-order valence-electron chi connectivity index (χ3n) is 3.03. The fraction of sp³-hybridized carbons (Fsp3) is 0.636. The first kappa shape index (κ1) is 10.2. The minimum absolute atomic E-state index is 0.108. The van der Waals surface area contributed by atoms with Crippen molar-refractivity contribution in [2.24, 2.45) is 5.92 Å². The lowest BCUT2D eigenvalue weighted by atomic mass is 9.91. The van der Waals surface area contributed by atoms with Gasteiger partial charge in [-0.1, -0.05) is 25.9 Å². The van der Waals surface area contributed by atoms with Crippen LogP contribution >= 0.6 is 0 Å². The Morgan fingerprint density at radius 3 is 2.80 bits per heavy atom. The monoisotopic (exact) mass is 209 g/mol. The van der Waals surface area contributed by atoms with Crippen LogP contribution in [0.5, 0.6) is 0 Å². The summed E-state index contributed by atoms with van der Waals surface area (Å²) in [6.45, 7) is 5.94. The van der Waals surface area contributed by atoms with Gasteiger partial charge < -0.3 is 9.63 Å². The molecule has 0 aromatic carbocycles. The highest BCUT2D eigenvalue weighted by atomic mass is 16.5. The Morgan fingerprint density at radius 1 is 1.60 bits per heavy atom. The predicted molar refractivity (Wildman–Crippen MR) is 53.8 cm³/mol. The Labute approximate surface area is 88.3 Å². The van der Waals surface area contributed by atoms with Gasteiger partial charge in [-0.2, -0.15) is 0 Å². The molecule has 1 aromatic heterocycles. The Balaban J connectivity index is 2.49. The molecule has 2 rings (SSSR count). The summed E-state index contributed by atoms with van der Waals surface area (Å²) in [4.78, 5) is 11.2. The molecule has 0 saturated heterocycles. The second-order valence-corrected chi connectivity index (χ2v) is 4.56. The number of aromatic nitrogens is 1. The average Bonchev–Trinajstić information content (AvgIpc) is 2.59. The quantitative estimate of drug-likeness (QED) is 0.810. The average molecular weight is 209 g/mol. The van der Waals surface area contributed by atoms with E-state index in [1.807, 2.05) is 20.8 Å². The topological polar surface area (TPSA) is 63.3 Å². The number of aliphatic carboxylic acids is 1. The summed E-state index contributed by atoms with van der Waals surface area (Å²) in [7, 11) is 0. The standard InChI is InChI=1S/C11H15NO3/c1-5(2)10-9-7(15-12-10)4-6(3)8(9)11(13)14/h5-6,8H,4H2,1-3H3,(H,13,14). The predicted octanol–water partition coefficient (Wildman–Crippen LogP) is 2.16. The summed E-state index contributed by atoms with van der Waals surface area (Å²) in [5.41, 5.74) is 1.63. The molecule has 0 saturated carbocycles. The minimum Gasteiger partial charge on any atom is -0.481 e. The zero-order valence-electron chi connectivity index (χ0n) is 9.15. The number of fused-ring (bicyclic) bond motifs is 1. The van der Waals surface area contributed by atoms with Gasteiger partial charge >= 0.3 is 5.97 Å². The molecule has 0 spiro atoms. The molecule has 1 aromatic rings. The second kappa shape index (κ2) is 3.36. The first-order chi connectivity index (χ1) is 7.02. The van der Waals surface area contributed by atoms with E-state index in [2.05, 4.69) is 5.16 Å². The smallest absolute Gasteiger partial charge is 0.311 e. The van der Waals surface area contributed by atoms with Crippen molar-refractivity contribution in [1.82, 2.24) is 5.16 Å². The highest BCUT2D eigenvalue weighted by Crippen LogP contribution is 2.41. The van der Waals surface area contributed by atoms with Crippen molar-refractivity contribution in [2.45, 2.75) is 39.0 Å². The molecule has 0 bridgehead atoms. The molecule has 0 amide bonds. The first-order valence-corrected chi connectivity index (χ1v) is 5.23. The van der Waals surface area contributed by atoms with Crippen LogP contribution in [0.3, 0.4) is 0 Å². The number of carboxylic acid groups (broad SMARTS) is 1. The Kier molecular flexibility index (Phi) is 2.29. The normalized spacial score (nSPS) is 24.5. The fourth-order valence-corrected chi connectivity index (χ4v) is 2.30. The van der Waals surface area contributed by atoms with Crippen LogP contribution in [0.1, 0.15) is 49.6 Å². The van der Waals surface area contributed by atoms with E-state index in [1.54, 1.807) is 0 Å². The maximum atomic E-state index is 11.2. The number of nitrogens with zero attached hydrogens (tertiary/aromatic N) is 1. The van der Waals surface area contributed by atoms with E-state index in [1.165, 1.54) is 0 Å². The van der Waals surface area contributed by atoms with E-state index in [9.17, 15) is 9.90 Å². The molecule has 15 heavy (non-hydrogen) atoms. The SMILES string of the molecule is CC(C)c1noc2c1C(C(=O)O)C(C)C2. The number of carbonyl (C=O) groups is 1. The molecule has 1 N–H and O–H groups in total. The van der Waals surface area contributed by atoms with Gasteiger partial charge in [0.1, 0.15) is 5.76 Å². The summed E-state index contributed by atoms with van der Waals surface area (Å²) in [5.74, 6) is -0.130. The third kappa shape index (κ3) is 1.44. The van der Waals surface area contributed by atoms with Crippen molar-refractivity contribution < 1.29 is 14.4 Å². The van der Waals surface area contributed by atoms with Crippen molar-refractivity contribution >= 4 is 5.97 Å². The van der Waals surface area contributed by atoms with Gasteiger partial charge in [-0.25, -0.2) is 0 Å². The maximum Gasteiger partial charge on any atom is 0.311 e. The lowest BCUT2D eigenvalue weighted by Crippen LogP contribution is -2.16. The van der Waals surface area contributed by atoms with Crippen LogP contribution in [0.2, 0.25) is 0 Å². The Bertz CT molecular complexity index is 395. The van der Waals surface area contributed by atoms with E-state index in [0.29, 0.717) is 6.42 Å². The lowest BCUT2D eigenvalue weighted by molar-refractivity contribution is -0.139. The molecule has 0 radical (unpaired) electrons. The number of hydrogen-bond donors (Lipinski definition) is 1. The Hall–Kier alpha value is -1.32. The third-order valence-corrected chi connectivity index (χ3v) is 3.03. The number of carboxylic acids is 1. The molecule has 0 fully saturated rings. The van der Waals surface area contributed by atoms with Gasteiger partial charge in [0.2, 0.25) is 0 Å². The lowest BCUT2D eigenvalue weighted by Gasteiger charge is -2.12. The summed E-state index contributed by atoms with van der Waals surface area (Å²) in [6, 6.07) is 0. The molecule has 4 nitrogen and oxygen atoms in total. The van der Waals surface area contributed by atoms with Crippen LogP contribution < -0.4 is 0 Å². The molecule has 1 heterocycles. The zero-order valence-corrected chi connectivity index (χ0v) is 9.15. The summed E-state index contributed by atoms with van der Waals surface area (Å²) < 4.78 is 5.21. The largest absolute Gasteiger partial charge is 0.481 e. The van der Waals surface area contributed by atoms with E-state index in [0.717, 1.165) is 17.0 Å². The molecule has 1 aliphatic rings. The summed E-state index contributed by atoms with van der Waals surface area (Å²) >= 11 is 0. The molecular formula is C11H15NO3. The molecule has 1 aliphatic carbocycles. The van der Waals surface area contributed by atoms with Gasteiger partial charge in [-0.05, 0) is 11.8 Å². The van der Waals surface area contributed by atoms with Gasteiger partial charge in [0.15, 0.2) is 0 Å². The van der Waals surface area contributed by atoms with Gasteiger partial charge in [-0.15, -0.1) is 0 Å². The highest BCUT2D eigenvalue weighted by molar-refractivity contribution is 5.78. The van der Waals surface area contributed by atoms with Crippen molar-refractivity contribution in [2.75, 3.05) is 0 Å². The van der Waals surface area contributed by atoms with Gasteiger partial charge in [0, 0.05) is 12.0 Å². The van der Waals surface area contributed by atoms with E-state index >= 15 is 0 Å². The molecule has 4 heteroatoms. The first-order valence-electron chi connectivity index (χ1n) is 5.23. The number of rotatable bonds is 2. The van der Waals surface area contributed by atoms with Crippen molar-refractivity contribution in [1.29, 1.82) is 0 Å². The van der Waals surface area contributed by atoms with Gasteiger partial charge in [0.25, 0.3) is 0 Å². The molecule has 82 valence electrons. The van der Waals surface area contributed by atoms with Crippen molar-refractivity contribution in [3.8, 4) is 0 Å². The molecule has 2 unspecified atom stereocenters. The van der Waals surface area contributed by atoms with Crippen LogP contribution in [-0.2, 0) is 11.2 Å². The fourth-order valence-electron chi connectivity index (χ4n) is 2.30. The van der Waals surface area contributed by atoms with E-state index < -0.39 is 11.9 Å². The van der Waals surface area contributed by atoms with Crippen molar-refractivity contribution in [3.05, 3.63) is 17.0 Å². The second-order valence-electron chi connectivity index (χ2n) is 4.56. The van der Waals surface area contributed by atoms with Crippen molar-refractivity contribution in [3.63, 3.8) is 0 Å². The molecule has 2 atom stereocenters. The van der Waals surface area contributed by atoms with Crippen LogP contribution in [0, 0.1) is 5.92 Å². The maximum absolute atomic E-state index is 11.2. The minimum atomic E-state index is -0.772. The van der Waals surface area contributed by atoms with Crippen LogP contribution in [-0.4, -0.2) is 16.2 Å². The van der Waals surface area contributed by atoms with E-state index in [4.69, 9.17) is 4.52 Å². The Morgan fingerprint density at radius 2 is 2.27 bits per heavy atom. The van der Waals surface area contributed by atoms with Crippen LogP contribution in [0.4, 0.5) is 0 Å². The molecular weight excluding hydrogens is 194 g/mol. The number of hydrogen-bond acceptors (Lipinski definition) is 3. The van der Waals surface area contributed by atoms with Crippen LogP contribution in [0.15, 0.2) is 4.52 Å². The highest BCUT2D eigenvalue weighted by Gasteiger charge is 2.40. The van der Waals surface area contributed by atoms with Gasteiger partial charge in [0.05, 0.1) is 11.6 Å². The summed E-state index contributed by atoms with van der Waals surface area (Å²) in [5, 5.41) is 13.2. The summed E-state index contributed by atoms with van der Waals surface area (Å²) in [6.07, 6.45) is 0.687. The van der Waals surface area contributed by atoms with Crippen LogP contribution in [0.25, 0.3) is 0 Å².